The molecule has 0 radical (unpaired) electrons. The molecule has 0 aliphatic heterocycles. The fourth-order valence-corrected chi connectivity index (χ4v) is 4.02. The first-order valence-electron chi connectivity index (χ1n) is 9.78. The maximum absolute atomic E-state index is 11.2. The van der Waals surface area contributed by atoms with Crippen molar-refractivity contribution in [2.45, 2.75) is 38.5 Å². The summed E-state index contributed by atoms with van der Waals surface area (Å²) in [6.07, 6.45) is 25.8. The van der Waals surface area contributed by atoms with Gasteiger partial charge in [0.05, 0.1) is 7.11 Å². The number of carboxylic acid groups (broad SMARTS) is 1. The normalized spacial score (nSPS) is 27.9. The van der Waals surface area contributed by atoms with Crippen molar-refractivity contribution in [3.05, 3.63) is 60.8 Å². The van der Waals surface area contributed by atoms with Gasteiger partial charge in [-0.25, -0.2) is 4.79 Å². The summed E-state index contributed by atoms with van der Waals surface area (Å²) in [7, 11) is 1.38. The fraction of sp³-hybridized carbons (Fsp3) is 0.478. The van der Waals surface area contributed by atoms with Crippen LogP contribution in [0.25, 0.3) is 0 Å². The van der Waals surface area contributed by atoms with Crippen molar-refractivity contribution in [3.8, 4) is 0 Å². The summed E-state index contributed by atoms with van der Waals surface area (Å²) in [5, 5.41) is 8.64. The Hall–Kier alpha value is -2.36. The number of hydrogen-bond donors (Lipinski definition) is 1. The van der Waals surface area contributed by atoms with E-state index in [2.05, 4.69) is 35.1 Å². The number of ether oxygens (including phenoxy) is 1. The van der Waals surface area contributed by atoms with Crippen molar-refractivity contribution < 1.29 is 19.4 Å². The average molecular weight is 370 g/mol. The number of aliphatic carboxylic acids is 1. The summed E-state index contributed by atoms with van der Waals surface area (Å²) in [6.45, 7) is 0. The van der Waals surface area contributed by atoms with Crippen LogP contribution in [-0.4, -0.2) is 24.2 Å². The molecule has 4 atom stereocenters. The molecule has 0 aromatic rings. The molecule has 4 heteroatoms. The maximum Gasteiger partial charge on any atom is 0.330 e. The van der Waals surface area contributed by atoms with E-state index in [1.54, 1.807) is 6.08 Å². The van der Waals surface area contributed by atoms with Gasteiger partial charge in [0.1, 0.15) is 0 Å². The van der Waals surface area contributed by atoms with E-state index >= 15 is 0 Å². The highest BCUT2D eigenvalue weighted by Gasteiger charge is 2.36. The Morgan fingerprint density at radius 3 is 2.70 bits per heavy atom. The summed E-state index contributed by atoms with van der Waals surface area (Å²) < 4.78 is 4.62. The van der Waals surface area contributed by atoms with Crippen LogP contribution in [0.4, 0.5) is 0 Å². The van der Waals surface area contributed by atoms with Crippen LogP contribution in [0.2, 0.25) is 0 Å². The molecular weight excluding hydrogens is 340 g/mol. The number of hydrogen-bond acceptors (Lipinski definition) is 3. The minimum Gasteiger partial charge on any atom is -0.481 e. The molecule has 1 fully saturated rings. The van der Waals surface area contributed by atoms with Crippen LogP contribution in [0.1, 0.15) is 38.5 Å². The number of fused-ring (bicyclic) bond motifs is 1. The van der Waals surface area contributed by atoms with Gasteiger partial charge in [-0.1, -0.05) is 61.1 Å². The van der Waals surface area contributed by atoms with Crippen LogP contribution in [0, 0.1) is 23.7 Å². The van der Waals surface area contributed by atoms with Gasteiger partial charge in [0.25, 0.3) is 0 Å². The highest BCUT2D eigenvalue weighted by atomic mass is 16.5. The van der Waals surface area contributed by atoms with Gasteiger partial charge in [0.15, 0.2) is 0 Å². The summed E-state index contributed by atoms with van der Waals surface area (Å²) in [5.41, 5.74) is 0. The van der Waals surface area contributed by atoms with Gasteiger partial charge >= 0.3 is 11.9 Å². The van der Waals surface area contributed by atoms with Crippen LogP contribution in [0.3, 0.4) is 0 Å². The lowest BCUT2D eigenvalue weighted by molar-refractivity contribution is -0.137. The van der Waals surface area contributed by atoms with Gasteiger partial charge in [0, 0.05) is 18.4 Å². The van der Waals surface area contributed by atoms with Crippen molar-refractivity contribution in [1.29, 1.82) is 0 Å². The van der Waals surface area contributed by atoms with Crippen LogP contribution >= 0.6 is 0 Å². The zero-order valence-electron chi connectivity index (χ0n) is 16.0. The smallest absolute Gasteiger partial charge is 0.330 e. The molecule has 27 heavy (non-hydrogen) atoms. The summed E-state index contributed by atoms with van der Waals surface area (Å²) in [5.74, 6) is 1.02. The highest BCUT2D eigenvalue weighted by Crippen LogP contribution is 2.45. The molecule has 0 heterocycles. The third-order valence-electron chi connectivity index (χ3n) is 5.36. The second kappa shape index (κ2) is 11.4. The van der Waals surface area contributed by atoms with Gasteiger partial charge in [-0.05, 0) is 43.4 Å². The molecule has 0 saturated heterocycles. The number of unbranched alkanes of at least 4 members (excludes halogenated alkanes) is 1. The Bertz CT molecular complexity index is 639. The second-order valence-electron chi connectivity index (χ2n) is 7.16. The SMILES string of the molecule is COC(=O)/C=C/C=C/[C@@H]1[C@@H]2CCC[C@H]2C=C[C@H]1/C=C/C=C/CCCC(=O)O. The first-order valence-corrected chi connectivity index (χ1v) is 9.78. The first kappa shape index (κ1) is 20.9. The quantitative estimate of drug-likeness (QED) is 0.207. The summed E-state index contributed by atoms with van der Waals surface area (Å²) in [4.78, 5) is 21.7. The topological polar surface area (TPSA) is 63.6 Å². The molecule has 0 amide bonds. The summed E-state index contributed by atoms with van der Waals surface area (Å²) >= 11 is 0. The molecule has 0 unspecified atom stereocenters. The minimum absolute atomic E-state index is 0.217. The number of esters is 1. The lowest BCUT2D eigenvalue weighted by Gasteiger charge is -2.33. The van der Waals surface area contributed by atoms with E-state index in [1.807, 2.05) is 18.2 Å². The average Bonchev–Trinajstić information content (AvgIpc) is 3.13. The number of allylic oxidation sites excluding steroid dienone is 9. The molecule has 2 aliphatic carbocycles. The molecule has 4 nitrogen and oxygen atoms in total. The Kier molecular flexibility index (Phi) is 8.82. The lowest BCUT2D eigenvalue weighted by atomic mass is 9.71. The maximum atomic E-state index is 11.2. The standard InChI is InChI=1S/C23H30O4/c1-27-23(26)15-8-7-12-20-18(16-17-19-11-9-13-21(19)20)10-5-3-2-4-6-14-22(24)25/h2-3,5,7-8,10,12,15-21H,4,6,9,11,13-14H2,1H3,(H,24,25)/b3-2+,10-5+,12-7+,15-8+/t18-,19+,20+,21-/m1/s1. The fourth-order valence-electron chi connectivity index (χ4n) is 4.02. The number of carbonyl (C=O) groups is 2. The third kappa shape index (κ3) is 7.05. The van der Waals surface area contributed by atoms with Crippen molar-refractivity contribution in [2.24, 2.45) is 23.7 Å². The molecule has 0 spiro atoms. The van der Waals surface area contributed by atoms with E-state index in [-0.39, 0.29) is 12.4 Å². The monoisotopic (exact) mass is 370 g/mol. The first-order chi connectivity index (χ1) is 13.1. The molecular formula is C23H30O4. The van der Waals surface area contributed by atoms with Crippen LogP contribution in [0.15, 0.2) is 60.8 Å². The molecule has 0 aromatic heterocycles. The molecule has 1 N–H and O–H groups in total. The number of carboxylic acids is 1. The molecule has 0 bridgehead atoms. The second-order valence-corrected chi connectivity index (χ2v) is 7.16. The largest absolute Gasteiger partial charge is 0.481 e. The van der Waals surface area contributed by atoms with Gasteiger partial charge in [-0.3, -0.25) is 4.79 Å². The van der Waals surface area contributed by atoms with Crippen LogP contribution < -0.4 is 0 Å². The molecule has 1 saturated carbocycles. The van der Waals surface area contributed by atoms with Crippen LogP contribution in [0.5, 0.6) is 0 Å². The Labute approximate surface area is 162 Å². The van der Waals surface area contributed by atoms with Crippen molar-refractivity contribution in [2.75, 3.05) is 7.11 Å². The van der Waals surface area contributed by atoms with E-state index in [9.17, 15) is 9.59 Å². The Balaban J connectivity index is 1.96. The van der Waals surface area contributed by atoms with E-state index in [0.29, 0.717) is 30.1 Å². The van der Waals surface area contributed by atoms with Crippen molar-refractivity contribution >= 4 is 11.9 Å². The molecule has 2 rings (SSSR count). The zero-order chi connectivity index (χ0) is 19.5. The Morgan fingerprint density at radius 2 is 1.93 bits per heavy atom. The van der Waals surface area contributed by atoms with E-state index in [1.165, 1.54) is 32.4 Å². The van der Waals surface area contributed by atoms with Crippen molar-refractivity contribution in [1.82, 2.24) is 0 Å². The van der Waals surface area contributed by atoms with E-state index in [0.717, 1.165) is 6.42 Å². The van der Waals surface area contributed by atoms with Crippen LogP contribution in [-0.2, 0) is 14.3 Å². The van der Waals surface area contributed by atoms with Gasteiger partial charge in [-0.15, -0.1) is 0 Å². The predicted molar refractivity (Wildman–Crippen MR) is 107 cm³/mol. The van der Waals surface area contributed by atoms with Crippen molar-refractivity contribution in [3.63, 3.8) is 0 Å². The summed E-state index contributed by atoms with van der Waals surface area (Å²) in [6, 6.07) is 0. The molecule has 0 aromatic carbocycles. The lowest BCUT2D eigenvalue weighted by Crippen LogP contribution is -2.26. The molecule has 2 aliphatic rings. The number of methoxy groups -OCH3 is 1. The third-order valence-corrected chi connectivity index (χ3v) is 5.36. The Morgan fingerprint density at radius 1 is 1.11 bits per heavy atom. The van der Waals surface area contributed by atoms with E-state index in [4.69, 9.17) is 5.11 Å². The number of rotatable bonds is 9. The van der Waals surface area contributed by atoms with Gasteiger partial charge in [0.2, 0.25) is 0 Å². The highest BCUT2D eigenvalue weighted by molar-refractivity contribution is 5.82. The zero-order valence-corrected chi connectivity index (χ0v) is 16.0. The predicted octanol–water partition coefficient (Wildman–Crippen LogP) is 4.86. The van der Waals surface area contributed by atoms with Gasteiger partial charge in [-0.2, -0.15) is 0 Å². The molecule has 146 valence electrons. The minimum atomic E-state index is -0.742. The number of carbonyl (C=O) groups excluding carboxylic acids is 1. The van der Waals surface area contributed by atoms with E-state index < -0.39 is 5.97 Å². The van der Waals surface area contributed by atoms with Gasteiger partial charge < -0.3 is 9.84 Å².